The van der Waals surface area contributed by atoms with Gasteiger partial charge in [0.2, 0.25) is 0 Å². The van der Waals surface area contributed by atoms with Crippen molar-refractivity contribution in [2.75, 3.05) is 4.90 Å². The molecular formula is C18H9BrClNO2. The predicted molar refractivity (Wildman–Crippen MR) is 94.2 cm³/mol. The van der Waals surface area contributed by atoms with E-state index in [1.54, 1.807) is 48.5 Å². The Morgan fingerprint density at radius 3 is 2.17 bits per heavy atom. The van der Waals surface area contributed by atoms with E-state index >= 15 is 0 Å². The number of halogens is 2. The number of hydrogen-bond donors (Lipinski definition) is 0. The minimum Gasteiger partial charge on any atom is -0.268 e. The van der Waals surface area contributed by atoms with Gasteiger partial charge in [0.05, 0.1) is 5.69 Å². The molecule has 2 amide bonds. The summed E-state index contributed by atoms with van der Waals surface area (Å²) in [6, 6.07) is 15.8. The Kier molecular flexibility index (Phi) is 3.25. The molecule has 4 rings (SSSR count). The first-order valence-corrected chi connectivity index (χ1v) is 8.10. The second-order valence-corrected chi connectivity index (χ2v) is 6.57. The molecule has 5 heteroatoms. The molecule has 0 fully saturated rings. The number of carbonyl (C=O) groups is 2. The van der Waals surface area contributed by atoms with Gasteiger partial charge in [-0.3, -0.25) is 9.59 Å². The molecule has 1 heterocycles. The van der Waals surface area contributed by atoms with Crippen molar-refractivity contribution >= 4 is 55.8 Å². The van der Waals surface area contributed by atoms with Crippen LogP contribution < -0.4 is 4.90 Å². The lowest BCUT2D eigenvalue weighted by Gasteiger charge is -2.27. The van der Waals surface area contributed by atoms with Crippen LogP contribution in [0.4, 0.5) is 5.69 Å². The summed E-state index contributed by atoms with van der Waals surface area (Å²) in [4.78, 5) is 26.9. The molecule has 0 unspecified atom stereocenters. The van der Waals surface area contributed by atoms with Gasteiger partial charge in [0, 0.05) is 31.4 Å². The highest BCUT2D eigenvalue weighted by atomic mass is 79.9. The van der Waals surface area contributed by atoms with Crippen molar-refractivity contribution in [1.29, 1.82) is 0 Å². The van der Waals surface area contributed by atoms with E-state index in [2.05, 4.69) is 15.9 Å². The molecule has 112 valence electrons. The minimum atomic E-state index is -0.335. The first-order chi connectivity index (χ1) is 11.1. The van der Waals surface area contributed by atoms with Gasteiger partial charge in [-0.2, -0.15) is 0 Å². The first kappa shape index (κ1) is 14.4. The zero-order valence-electron chi connectivity index (χ0n) is 11.7. The maximum Gasteiger partial charge on any atom is 0.265 e. The summed E-state index contributed by atoms with van der Waals surface area (Å²) >= 11 is 9.56. The molecule has 0 aliphatic carbocycles. The molecule has 23 heavy (non-hydrogen) atoms. The van der Waals surface area contributed by atoms with Crippen molar-refractivity contribution in [2.24, 2.45) is 0 Å². The van der Waals surface area contributed by atoms with Crippen molar-refractivity contribution in [3.63, 3.8) is 0 Å². The van der Waals surface area contributed by atoms with Gasteiger partial charge in [-0.1, -0.05) is 39.7 Å². The lowest BCUT2D eigenvalue weighted by atomic mass is 9.93. The fraction of sp³-hybridized carbons (Fsp3) is 0. The number of benzene rings is 3. The summed E-state index contributed by atoms with van der Waals surface area (Å²) in [7, 11) is 0. The Balaban J connectivity index is 1.99. The van der Waals surface area contributed by atoms with Crippen LogP contribution in [-0.2, 0) is 0 Å². The highest BCUT2D eigenvalue weighted by molar-refractivity contribution is 9.10. The van der Waals surface area contributed by atoms with E-state index in [1.807, 2.05) is 6.07 Å². The van der Waals surface area contributed by atoms with Crippen LogP contribution in [0, 0.1) is 0 Å². The number of nitrogens with zero attached hydrogens (tertiary/aromatic N) is 1. The van der Waals surface area contributed by atoms with Crippen LogP contribution >= 0.6 is 27.5 Å². The third-order valence-electron chi connectivity index (χ3n) is 3.94. The average Bonchev–Trinajstić information content (AvgIpc) is 2.56. The van der Waals surface area contributed by atoms with E-state index in [9.17, 15) is 9.59 Å². The van der Waals surface area contributed by atoms with Gasteiger partial charge in [0.25, 0.3) is 11.8 Å². The quantitative estimate of drug-likeness (QED) is 0.548. The molecule has 3 nitrogen and oxygen atoms in total. The highest BCUT2D eigenvalue weighted by Crippen LogP contribution is 2.36. The summed E-state index contributed by atoms with van der Waals surface area (Å²) in [6.45, 7) is 0. The van der Waals surface area contributed by atoms with Crippen LogP contribution in [0.1, 0.15) is 20.7 Å². The standard InChI is InChI=1S/C18H9BrClNO2/c19-10-4-6-11(7-5-10)21-17(22)13-3-1-2-12-15(20)9-8-14(16(12)13)18(21)23/h1-9H. The Morgan fingerprint density at radius 1 is 0.826 bits per heavy atom. The molecule has 0 aromatic heterocycles. The van der Waals surface area contributed by atoms with Gasteiger partial charge in [-0.05, 0) is 42.5 Å². The van der Waals surface area contributed by atoms with E-state index in [-0.39, 0.29) is 11.8 Å². The van der Waals surface area contributed by atoms with Crippen molar-refractivity contribution in [1.82, 2.24) is 0 Å². The number of carbonyl (C=O) groups excluding carboxylic acids is 2. The smallest absolute Gasteiger partial charge is 0.265 e. The normalized spacial score (nSPS) is 13.7. The van der Waals surface area contributed by atoms with Gasteiger partial charge >= 0.3 is 0 Å². The molecule has 1 aliphatic heterocycles. The van der Waals surface area contributed by atoms with Crippen LogP contribution in [0.15, 0.2) is 59.1 Å². The van der Waals surface area contributed by atoms with Crippen LogP contribution in [0.2, 0.25) is 5.02 Å². The SMILES string of the molecule is O=C1c2cccc3c(Cl)ccc(c23)C(=O)N1c1ccc(Br)cc1. The Hall–Kier alpha value is -2.17. The van der Waals surface area contributed by atoms with E-state index < -0.39 is 0 Å². The highest BCUT2D eigenvalue weighted by Gasteiger charge is 2.34. The summed E-state index contributed by atoms with van der Waals surface area (Å²) in [5, 5.41) is 1.88. The van der Waals surface area contributed by atoms with E-state index in [4.69, 9.17) is 11.6 Å². The second kappa shape index (κ2) is 5.18. The molecule has 0 bridgehead atoms. The fourth-order valence-electron chi connectivity index (χ4n) is 2.89. The largest absolute Gasteiger partial charge is 0.268 e. The fourth-order valence-corrected chi connectivity index (χ4v) is 3.37. The third kappa shape index (κ3) is 2.10. The maximum atomic E-state index is 12.9. The molecule has 3 aromatic rings. The lowest BCUT2D eigenvalue weighted by Crippen LogP contribution is -2.40. The van der Waals surface area contributed by atoms with E-state index in [1.165, 1.54) is 4.90 Å². The van der Waals surface area contributed by atoms with Gasteiger partial charge < -0.3 is 0 Å². The van der Waals surface area contributed by atoms with Crippen LogP contribution in [0.25, 0.3) is 10.8 Å². The van der Waals surface area contributed by atoms with Gasteiger partial charge in [-0.15, -0.1) is 0 Å². The predicted octanol–water partition coefficient (Wildman–Crippen LogP) is 5.06. The zero-order valence-corrected chi connectivity index (χ0v) is 14.1. The Bertz CT molecular complexity index is 960. The van der Waals surface area contributed by atoms with E-state index in [0.717, 1.165) is 9.86 Å². The van der Waals surface area contributed by atoms with Crippen molar-refractivity contribution < 1.29 is 9.59 Å². The monoisotopic (exact) mass is 385 g/mol. The van der Waals surface area contributed by atoms with E-state index in [0.29, 0.717) is 27.2 Å². The van der Waals surface area contributed by atoms with Gasteiger partial charge in [-0.25, -0.2) is 4.90 Å². The molecule has 0 N–H and O–H groups in total. The van der Waals surface area contributed by atoms with Crippen molar-refractivity contribution in [3.05, 3.63) is 75.2 Å². The number of anilines is 1. The molecule has 0 saturated heterocycles. The molecule has 0 spiro atoms. The second-order valence-electron chi connectivity index (χ2n) is 5.25. The number of rotatable bonds is 1. The minimum absolute atomic E-state index is 0.335. The average molecular weight is 387 g/mol. The Morgan fingerprint density at radius 2 is 1.48 bits per heavy atom. The summed E-state index contributed by atoms with van der Waals surface area (Å²) in [5.74, 6) is -0.671. The van der Waals surface area contributed by atoms with Crippen LogP contribution in [-0.4, -0.2) is 11.8 Å². The number of amides is 2. The first-order valence-electron chi connectivity index (χ1n) is 6.93. The maximum absolute atomic E-state index is 12.9. The number of hydrogen-bond acceptors (Lipinski definition) is 2. The molecule has 1 aliphatic rings. The lowest BCUT2D eigenvalue weighted by molar-refractivity contribution is 0.0893. The van der Waals surface area contributed by atoms with Crippen LogP contribution in [0.3, 0.4) is 0 Å². The zero-order chi connectivity index (χ0) is 16.1. The summed E-state index contributed by atoms with van der Waals surface area (Å²) < 4.78 is 0.882. The van der Waals surface area contributed by atoms with Crippen LogP contribution in [0.5, 0.6) is 0 Å². The van der Waals surface area contributed by atoms with Crippen molar-refractivity contribution in [2.45, 2.75) is 0 Å². The summed E-state index contributed by atoms with van der Waals surface area (Å²) in [5.41, 5.74) is 1.52. The van der Waals surface area contributed by atoms with Gasteiger partial charge in [0.1, 0.15) is 0 Å². The molecule has 3 aromatic carbocycles. The molecular weight excluding hydrogens is 378 g/mol. The third-order valence-corrected chi connectivity index (χ3v) is 4.80. The molecule has 0 saturated carbocycles. The van der Waals surface area contributed by atoms with Crippen molar-refractivity contribution in [3.8, 4) is 0 Å². The Labute approximate surface area is 145 Å². The topological polar surface area (TPSA) is 37.4 Å². The summed E-state index contributed by atoms with van der Waals surface area (Å²) in [6.07, 6.45) is 0. The molecule has 0 radical (unpaired) electrons. The van der Waals surface area contributed by atoms with Gasteiger partial charge in [0.15, 0.2) is 0 Å². The molecule has 0 atom stereocenters. The number of imide groups is 1.